The van der Waals surface area contributed by atoms with Gasteiger partial charge in [0, 0.05) is 16.3 Å². The molecule has 1 unspecified atom stereocenters. The molecule has 0 aliphatic carbocycles. The van der Waals surface area contributed by atoms with Crippen LogP contribution in [0.1, 0.15) is 62.1 Å². The van der Waals surface area contributed by atoms with Crippen molar-refractivity contribution in [2.45, 2.75) is 0 Å². The van der Waals surface area contributed by atoms with Crippen LogP contribution in [-0.2, 0) is 14.0 Å². The standard InChI is InChI=1S/C40H19O12P/c41-35(20-13-15-26-28(17-20)39(45)50-37(26)43)48-31-19-33(53(47)32-12-6-4-9-24(32)22-7-3-5-11-30(22)52-53)34(25-10-2-1-8-23(25)31)49-36(42)21-14-16-27-29(18-21)40(46)51-38(27)44/h1-19H. The van der Waals surface area contributed by atoms with Gasteiger partial charge in [-0.1, -0.05) is 60.7 Å². The highest BCUT2D eigenvalue weighted by Crippen LogP contribution is 2.56. The van der Waals surface area contributed by atoms with Crippen LogP contribution in [-0.4, -0.2) is 35.8 Å². The third kappa shape index (κ3) is 4.95. The smallest absolute Gasteiger partial charge is 0.346 e. The van der Waals surface area contributed by atoms with Crippen molar-refractivity contribution in [1.82, 2.24) is 0 Å². The number of carbonyl (C=O) groups excluding carboxylic acids is 6. The number of hydrogen-bond acceptors (Lipinski definition) is 12. The molecule has 53 heavy (non-hydrogen) atoms. The second-order valence-electron chi connectivity index (χ2n) is 12.1. The van der Waals surface area contributed by atoms with E-state index >= 15 is 4.57 Å². The number of rotatable bonds is 5. The van der Waals surface area contributed by atoms with Crippen molar-refractivity contribution in [3.63, 3.8) is 0 Å². The number of ether oxygens (including phenoxy) is 4. The van der Waals surface area contributed by atoms with Crippen molar-refractivity contribution < 1.29 is 56.8 Å². The van der Waals surface area contributed by atoms with Gasteiger partial charge in [-0.15, -0.1) is 0 Å². The van der Waals surface area contributed by atoms with E-state index in [2.05, 4.69) is 9.47 Å². The topological polar surface area (TPSA) is 166 Å². The fourth-order valence-corrected chi connectivity index (χ4v) is 8.95. The zero-order valence-corrected chi connectivity index (χ0v) is 27.7. The van der Waals surface area contributed by atoms with Crippen molar-refractivity contribution >= 4 is 64.6 Å². The second-order valence-corrected chi connectivity index (χ2v) is 14.3. The maximum Gasteiger partial charge on any atom is 0.346 e. The molecule has 1 atom stereocenters. The Kier molecular flexibility index (Phi) is 7.01. The van der Waals surface area contributed by atoms with Gasteiger partial charge in [-0.25, -0.2) is 28.8 Å². The summed E-state index contributed by atoms with van der Waals surface area (Å²) < 4.78 is 43.2. The summed E-state index contributed by atoms with van der Waals surface area (Å²) in [4.78, 5) is 76.1. The van der Waals surface area contributed by atoms with Crippen molar-refractivity contribution in [3.05, 3.63) is 149 Å². The summed E-state index contributed by atoms with van der Waals surface area (Å²) in [7, 11) is -4.26. The summed E-state index contributed by atoms with van der Waals surface area (Å²) in [6.45, 7) is 0. The Morgan fingerprint density at radius 1 is 0.491 bits per heavy atom. The molecule has 0 bridgehead atoms. The van der Waals surface area contributed by atoms with Gasteiger partial charge in [0.1, 0.15) is 11.5 Å². The van der Waals surface area contributed by atoms with E-state index in [1.54, 1.807) is 60.7 Å². The van der Waals surface area contributed by atoms with Gasteiger partial charge in [0.2, 0.25) is 0 Å². The Morgan fingerprint density at radius 3 is 1.68 bits per heavy atom. The molecule has 6 aromatic carbocycles. The van der Waals surface area contributed by atoms with E-state index < -0.39 is 43.2 Å². The minimum Gasteiger partial charge on any atom is -0.436 e. The van der Waals surface area contributed by atoms with Gasteiger partial charge >= 0.3 is 43.2 Å². The van der Waals surface area contributed by atoms with Gasteiger partial charge in [0.25, 0.3) is 0 Å². The Morgan fingerprint density at radius 2 is 1.02 bits per heavy atom. The van der Waals surface area contributed by atoms with Crippen LogP contribution >= 0.6 is 7.37 Å². The maximum absolute atomic E-state index is 15.6. The summed E-state index contributed by atoms with van der Waals surface area (Å²) in [6.07, 6.45) is 0. The van der Waals surface area contributed by atoms with E-state index in [1.165, 1.54) is 42.5 Å². The molecule has 3 aliphatic rings. The molecule has 256 valence electrons. The summed E-state index contributed by atoms with van der Waals surface area (Å²) in [5.74, 6) is -5.37. The number of cyclic esters (lactones) is 4. The van der Waals surface area contributed by atoms with Crippen LogP contribution in [0.4, 0.5) is 0 Å². The third-order valence-corrected chi connectivity index (χ3v) is 11.5. The summed E-state index contributed by atoms with van der Waals surface area (Å²) in [5.41, 5.74) is 0.867. The van der Waals surface area contributed by atoms with Gasteiger partial charge < -0.3 is 23.5 Å². The van der Waals surface area contributed by atoms with Crippen molar-refractivity contribution in [2.24, 2.45) is 0 Å². The Hall–Kier alpha value is -7.17. The summed E-state index contributed by atoms with van der Waals surface area (Å²) in [6, 6.07) is 29.1. The molecule has 12 nitrogen and oxygen atoms in total. The highest BCUT2D eigenvalue weighted by Gasteiger charge is 2.42. The quantitative estimate of drug-likeness (QED) is 0.0859. The van der Waals surface area contributed by atoms with Crippen molar-refractivity contribution in [3.8, 4) is 28.4 Å². The Balaban J connectivity index is 1.22. The first-order chi connectivity index (χ1) is 25.6. The molecule has 6 aromatic rings. The van der Waals surface area contributed by atoms with E-state index in [-0.39, 0.29) is 66.3 Å². The van der Waals surface area contributed by atoms with Crippen LogP contribution in [0.15, 0.2) is 115 Å². The molecule has 0 aromatic heterocycles. The van der Waals surface area contributed by atoms with Crippen LogP contribution in [0.3, 0.4) is 0 Å². The average Bonchev–Trinajstić information content (AvgIpc) is 3.63. The van der Waals surface area contributed by atoms with E-state index in [4.69, 9.17) is 14.0 Å². The lowest BCUT2D eigenvalue weighted by Crippen LogP contribution is -2.28. The molecule has 0 saturated carbocycles. The van der Waals surface area contributed by atoms with Crippen LogP contribution < -0.4 is 24.6 Å². The highest BCUT2D eigenvalue weighted by atomic mass is 31.2. The number of esters is 6. The number of fused-ring (bicyclic) bond motifs is 6. The monoisotopic (exact) mass is 722 g/mol. The highest BCUT2D eigenvalue weighted by molar-refractivity contribution is 7.75. The van der Waals surface area contributed by atoms with Crippen LogP contribution in [0.25, 0.3) is 21.9 Å². The van der Waals surface area contributed by atoms with Gasteiger partial charge in [0.15, 0.2) is 5.75 Å². The molecule has 0 amide bonds. The lowest BCUT2D eigenvalue weighted by Gasteiger charge is -2.30. The van der Waals surface area contributed by atoms with Gasteiger partial charge in [0.05, 0.1) is 44.0 Å². The fourth-order valence-electron chi connectivity index (χ4n) is 6.54. The SMILES string of the molecule is O=C(Oc1cc(P2(=O)Oc3ccccc3-c3ccccc32)c(OC(=O)c2ccc3c(c2)C(=O)OC3=O)c2ccccc12)c1ccc2c(c1)C(=O)OC2=O. The van der Waals surface area contributed by atoms with Gasteiger partial charge in [-0.2, -0.15) is 0 Å². The average molecular weight is 723 g/mol. The van der Waals surface area contributed by atoms with E-state index in [0.29, 0.717) is 16.9 Å². The molecule has 3 heterocycles. The van der Waals surface area contributed by atoms with Gasteiger partial charge in [-0.05, 0) is 60.2 Å². The first kappa shape index (κ1) is 31.8. The lowest BCUT2D eigenvalue weighted by molar-refractivity contribution is 0.0425. The molecule has 3 aliphatic heterocycles. The normalized spacial score (nSPS) is 16.5. The number of para-hydroxylation sites is 1. The minimum absolute atomic E-state index is 0.00353. The Bertz CT molecular complexity index is 2770. The molecule has 0 spiro atoms. The predicted molar refractivity (Wildman–Crippen MR) is 186 cm³/mol. The zero-order valence-electron chi connectivity index (χ0n) is 26.8. The lowest BCUT2D eigenvalue weighted by atomic mass is 10.0. The third-order valence-electron chi connectivity index (χ3n) is 9.04. The van der Waals surface area contributed by atoms with Crippen molar-refractivity contribution in [1.29, 1.82) is 0 Å². The number of benzene rings is 6. The van der Waals surface area contributed by atoms with Gasteiger partial charge in [-0.3, -0.25) is 4.57 Å². The summed E-state index contributed by atoms with van der Waals surface area (Å²) >= 11 is 0. The predicted octanol–water partition coefficient (Wildman–Crippen LogP) is 6.19. The summed E-state index contributed by atoms with van der Waals surface area (Å²) in [5, 5.41) is 0.621. The first-order valence-electron chi connectivity index (χ1n) is 15.9. The molecule has 0 radical (unpaired) electrons. The molecule has 9 rings (SSSR count). The number of hydrogen-bond donors (Lipinski definition) is 0. The molecule has 0 saturated heterocycles. The van der Waals surface area contributed by atoms with Crippen LogP contribution in [0.2, 0.25) is 0 Å². The fraction of sp³-hybridized carbons (Fsp3) is 0. The Labute approximate surface area is 297 Å². The molecular formula is C40H19O12P. The van der Waals surface area contributed by atoms with Crippen LogP contribution in [0.5, 0.6) is 17.2 Å². The second kappa shape index (κ2) is 11.7. The number of carbonyl (C=O) groups is 6. The van der Waals surface area contributed by atoms with E-state index in [9.17, 15) is 28.8 Å². The van der Waals surface area contributed by atoms with E-state index in [1.807, 2.05) is 12.1 Å². The minimum atomic E-state index is -4.26. The largest absolute Gasteiger partial charge is 0.436 e. The zero-order chi connectivity index (χ0) is 36.6. The first-order valence-corrected chi connectivity index (χ1v) is 17.5. The molecule has 0 N–H and O–H groups in total. The maximum atomic E-state index is 15.6. The van der Waals surface area contributed by atoms with Crippen LogP contribution in [0, 0.1) is 0 Å². The molecule has 13 heteroatoms. The molecular weight excluding hydrogens is 703 g/mol. The van der Waals surface area contributed by atoms with E-state index in [0.717, 1.165) is 0 Å². The van der Waals surface area contributed by atoms with Crippen molar-refractivity contribution in [2.75, 3.05) is 0 Å². The molecule has 0 fully saturated rings.